The number of hydrogen-bond donors (Lipinski definition) is 1. The lowest BCUT2D eigenvalue weighted by atomic mass is 9.97. The molecule has 9 nitrogen and oxygen atoms in total. The van der Waals surface area contributed by atoms with Crippen molar-refractivity contribution in [2.45, 2.75) is 19.4 Å². The van der Waals surface area contributed by atoms with Gasteiger partial charge in [0.05, 0.1) is 33.0 Å². The Morgan fingerprint density at radius 2 is 1.73 bits per heavy atom. The summed E-state index contributed by atoms with van der Waals surface area (Å²) in [5, 5.41) is 12.5. The third-order valence-corrected chi connectivity index (χ3v) is 8.56. The summed E-state index contributed by atoms with van der Waals surface area (Å²) in [6.45, 7) is 7.77. The van der Waals surface area contributed by atoms with E-state index in [0.29, 0.717) is 60.6 Å². The Morgan fingerprint density at radius 1 is 1.00 bits per heavy atom. The molecule has 3 aromatic rings. The van der Waals surface area contributed by atoms with Crippen LogP contribution in [0.5, 0.6) is 0 Å². The van der Waals surface area contributed by atoms with Gasteiger partial charge in [0.2, 0.25) is 0 Å². The van der Waals surface area contributed by atoms with E-state index in [1.165, 1.54) is 0 Å². The summed E-state index contributed by atoms with van der Waals surface area (Å²) >= 11 is 16.1. The van der Waals surface area contributed by atoms with E-state index in [4.69, 9.17) is 23.2 Å². The Labute approximate surface area is 233 Å². The van der Waals surface area contributed by atoms with Gasteiger partial charge in [-0.2, -0.15) is 0 Å². The summed E-state index contributed by atoms with van der Waals surface area (Å²) in [5.41, 5.74) is 2.32. The molecular weight excluding hydrogens is 581 g/mol. The molecule has 194 valence electrons. The first-order valence-corrected chi connectivity index (χ1v) is 13.5. The van der Waals surface area contributed by atoms with E-state index < -0.39 is 5.54 Å². The van der Waals surface area contributed by atoms with Crippen molar-refractivity contribution >= 4 is 56.8 Å². The number of rotatable bonds is 5. The Hall–Kier alpha value is -2.66. The molecule has 2 fully saturated rings. The van der Waals surface area contributed by atoms with Gasteiger partial charge in [0.1, 0.15) is 5.69 Å². The first kappa shape index (κ1) is 26.0. The number of benzene rings is 2. The zero-order valence-corrected chi connectivity index (χ0v) is 23.5. The van der Waals surface area contributed by atoms with Crippen LogP contribution in [-0.2, 0) is 5.54 Å². The predicted molar refractivity (Wildman–Crippen MR) is 147 cm³/mol. The quantitative estimate of drug-likeness (QED) is 0.460. The number of anilines is 1. The van der Waals surface area contributed by atoms with Gasteiger partial charge in [0, 0.05) is 49.4 Å². The largest absolute Gasteiger partial charge is 0.336 e. The molecule has 0 unspecified atom stereocenters. The number of amides is 3. The molecule has 0 bridgehead atoms. The van der Waals surface area contributed by atoms with Gasteiger partial charge < -0.3 is 10.2 Å². The molecule has 0 saturated carbocycles. The molecule has 1 N–H and O–H groups in total. The average molecular weight is 607 g/mol. The highest BCUT2D eigenvalue weighted by Crippen LogP contribution is 2.30. The van der Waals surface area contributed by atoms with E-state index in [1.807, 2.05) is 29.3 Å². The molecule has 0 aliphatic carbocycles. The summed E-state index contributed by atoms with van der Waals surface area (Å²) in [4.78, 5) is 31.2. The predicted octanol–water partition coefficient (Wildman–Crippen LogP) is 4.56. The van der Waals surface area contributed by atoms with Crippen LogP contribution < -0.4 is 10.2 Å². The number of aromatic nitrogens is 3. The highest BCUT2D eigenvalue weighted by Gasteiger charge is 2.35. The van der Waals surface area contributed by atoms with Crippen molar-refractivity contribution in [2.24, 2.45) is 0 Å². The highest BCUT2D eigenvalue weighted by atomic mass is 79.9. The second-order valence-electron chi connectivity index (χ2n) is 9.53. The van der Waals surface area contributed by atoms with Crippen LogP contribution in [0.1, 0.15) is 29.9 Å². The lowest BCUT2D eigenvalue weighted by molar-refractivity contribution is 0.0378. The minimum Gasteiger partial charge on any atom is -0.336 e. The minimum atomic E-state index is -0.396. The number of carbonyl (C=O) groups is 2. The summed E-state index contributed by atoms with van der Waals surface area (Å²) < 4.78 is 2.53. The maximum atomic E-state index is 13.4. The monoisotopic (exact) mass is 605 g/mol. The van der Waals surface area contributed by atoms with Crippen molar-refractivity contribution in [3.05, 3.63) is 68.4 Å². The summed E-state index contributed by atoms with van der Waals surface area (Å²) in [7, 11) is 0. The summed E-state index contributed by atoms with van der Waals surface area (Å²) in [6, 6.07) is 10.6. The molecule has 5 rings (SSSR count). The second kappa shape index (κ2) is 10.2. The fourth-order valence-corrected chi connectivity index (χ4v) is 5.28. The fourth-order valence-electron chi connectivity index (χ4n) is 4.66. The molecule has 12 heteroatoms. The van der Waals surface area contributed by atoms with Crippen LogP contribution in [-0.4, -0.2) is 76.0 Å². The molecule has 1 aromatic heterocycles. The number of piperazine rings is 1. The zero-order valence-electron chi connectivity index (χ0n) is 20.4. The normalized spacial score (nSPS) is 16.8. The lowest BCUT2D eigenvalue weighted by Crippen LogP contribution is -2.54. The van der Waals surface area contributed by atoms with Crippen molar-refractivity contribution in [3.8, 4) is 5.69 Å². The molecule has 3 heterocycles. The molecule has 3 amide bonds. The molecule has 2 aliphatic heterocycles. The van der Waals surface area contributed by atoms with Crippen LogP contribution in [0, 0.1) is 0 Å². The van der Waals surface area contributed by atoms with Crippen LogP contribution in [0.25, 0.3) is 5.69 Å². The maximum Gasteiger partial charge on any atom is 0.321 e. The van der Waals surface area contributed by atoms with Gasteiger partial charge in [-0.1, -0.05) is 28.4 Å². The van der Waals surface area contributed by atoms with Gasteiger partial charge in [-0.3, -0.25) is 14.6 Å². The summed E-state index contributed by atoms with van der Waals surface area (Å²) in [5.74, 6) is -0.137. The molecule has 0 spiro atoms. The summed E-state index contributed by atoms with van der Waals surface area (Å²) in [6.07, 6.45) is 1.91. The van der Waals surface area contributed by atoms with Crippen molar-refractivity contribution in [1.29, 1.82) is 0 Å². The lowest BCUT2D eigenvalue weighted by Gasteiger charge is -2.43. The first-order chi connectivity index (χ1) is 17.6. The fraction of sp³-hybridized carbons (Fsp3) is 0.360. The third-order valence-electron chi connectivity index (χ3n) is 6.99. The Morgan fingerprint density at radius 3 is 2.41 bits per heavy atom. The molecule has 37 heavy (non-hydrogen) atoms. The number of urea groups is 1. The molecule has 0 radical (unpaired) electrons. The van der Waals surface area contributed by atoms with Crippen molar-refractivity contribution < 1.29 is 9.59 Å². The van der Waals surface area contributed by atoms with Gasteiger partial charge in [-0.05, 0) is 66.2 Å². The van der Waals surface area contributed by atoms with Gasteiger partial charge >= 0.3 is 6.03 Å². The van der Waals surface area contributed by atoms with Crippen molar-refractivity contribution in [3.63, 3.8) is 0 Å². The highest BCUT2D eigenvalue weighted by molar-refractivity contribution is 9.10. The van der Waals surface area contributed by atoms with Crippen molar-refractivity contribution in [1.82, 2.24) is 30.1 Å². The number of nitrogens with one attached hydrogen (secondary N) is 1. The number of halogens is 3. The average Bonchev–Trinajstić information content (AvgIpc) is 3.56. The molecule has 2 aromatic carbocycles. The van der Waals surface area contributed by atoms with E-state index in [2.05, 4.69) is 50.3 Å². The Kier molecular flexibility index (Phi) is 7.19. The van der Waals surface area contributed by atoms with E-state index in [1.54, 1.807) is 27.8 Å². The molecule has 2 saturated heterocycles. The minimum absolute atomic E-state index is 0.137. The third kappa shape index (κ3) is 5.07. The second-order valence-corrected chi connectivity index (χ2v) is 11.2. The Balaban J connectivity index is 1.27. The zero-order chi connectivity index (χ0) is 26.3. The van der Waals surface area contributed by atoms with Crippen LogP contribution >= 0.6 is 39.1 Å². The van der Waals surface area contributed by atoms with E-state index in [9.17, 15) is 9.59 Å². The van der Waals surface area contributed by atoms with Gasteiger partial charge in [-0.25, -0.2) is 9.48 Å². The molecule has 0 atom stereocenters. The number of nitrogens with zero attached hydrogens (tertiary/aromatic N) is 6. The van der Waals surface area contributed by atoms with E-state index >= 15 is 0 Å². The van der Waals surface area contributed by atoms with Gasteiger partial charge in [0.15, 0.2) is 0 Å². The van der Waals surface area contributed by atoms with Crippen LogP contribution in [0.4, 0.5) is 10.5 Å². The standard InChI is InChI=1S/C25H26BrCl2N7O2/c1-25(2,22-15-35(31-30-22)17-3-5-19(26)21(28)14-17)33-11-9-32(10-12-33)23(36)18-13-16(4-6-20(18)27)34-8-7-29-24(34)37/h3-6,13-15H,7-12H2,1-2H3,(H,29,37). The number of hydrogen-bond acceptors (Lipinski definition) is 5. The SMILES string of the molecule is CC(C)(c1cn(-c2ccc(Br)c(Cl)c2)nn1)N1CCN(C(=O)c2cc(N3CCNC3=O)ccc2Cl)CC1. The Bertz CT molecular complexity index is 1350. The first-order valence-electron chi connectivity index (χ1n) is 11.9. The van der Waals surface area contributed by atoms with Gasteiger partial charge in [0.25, 0.3) is 5.91 Å². The van der Waals surface area contributed by atoms with Crippen molar-refractivity contribution in [2.75, 3.05) is 44.2 Å². The van der Waals surface area contributed by atoms with Crippen LogP contribution in [0.3, 0.4) is 0 Å². The van der Waals surface area contributed by atoms with E-state index in [-0.39, 0.29) is 11.9 Å². The van der Waals surface area contributed by atoms with E-state index in [0.717, 1.165) is 15.9 Å². The number of carbonyl (C=O) groups excluding carboxylic acids is 2. The van der Waals surface area contributed by atoms with Crippen LogP contribution in [0.2, 0.25) is 10.0 Å². The van der Waals surface area contributed by atoms with Crippen LogP contribution in [0.15, 0.2) is 47.1 Å². The molecular formula is C25H26BrCl2N7O2. The topological polar surface area (TPSA) is 86.6 Å². The van der Waals surface area contributed by atoms with Gasteiger partial charge in [-0.15, -0.1) is 5.10 Å². The molecule has 2 aliphatic rings. The maximum absolute atomic E-state index is 13.4. The smallest absolute Gasteiger partial charge is 0.321 e.